The molecule has 6 saturated carbocycles. The van der Waals surface area contributed by atoms with Crippen LogP contribution in [0.3, 0.4) is 0 Å². The van der Waals surface area contributed by atoms with E-state index in [0.29, 0.717) is 36.6 Å². The van der Waals surface area contributed by atoms with Gasteiger partial charge in [0.1, 0.15) is 0 Å². The molecule has 11 nitrogen and oxygen atoms in total. The van der Waals surface area contributed by atoms with Crippen LogP contribution >= 0.6 is 62.0 Å². The normalized spacial score (nSPS) is 34.6. The van der Waals surface area contributed by atoms with E-state index < -0.39 is 17.9 Å². The molecule has 62 heavy (non-hydrogen) atoms. The minimum absolute atomic E-state index is 0. The van der Waals surface area contributed by atoms with E-state index in [0.717, 1.165) is 126 Å². The van der Waals surface area contributed by atoms with Crippen molar-refractivity contribution in [2.75, 3.05) is 58.9 Å². The number of carbonyl (C=O) groups is 3. The van der Waals surface area contributed by atoms with Crippen molar-refractivity contribution in [3.8, 4) is 0 Å². The first-order valence-corrected chi connectivity index (χ1v) is 22.1. The van der Waals surface area contributed by atoms with Crippen molar-refractivity contribution >= 4 is 79.9 Å². The molecule has 9 aliphatic rings. The van der Waals surface area contributed by atoms with Crippen LogP contribution < -0.4 is 21.3 Å². The minimum Gasteiger partial charge on any atom is -0.481 e. The van der Waals surface area contributed by atoms with Crippen LogP contribution in [0.2, 0.25) is 0 Å². The van der Waals surface area contributed by atoms with E-state index in [-0.39, 0.29) is 103 Å². The van der Waals surface area contributed by atoms with E-state index in [9.17, 15) is 29.7 Å². The minimum atomic E-state index is -0.708. The number of nitrogens with one attached hydrogen (secondary N) is 4. The molecule has 9 fully saturated rings. The Balaban J connectivity index is 0.00000145. The largest absolute Gasteiger partial charge is 0.481 e. The Kier molecular flexibility index (Phi) is 16.7. The summed E-state index contributed by atoms with van der Waals surface area (Å²) in [7, 11) is 0. The Morgan fingerprint density at radius 1 is 0.645 bits per heavy atom. The van der Waals surface area contributed by atoms with Crippen molar-refractivity contribution < 1.29 is 29.7 Å². The van der Waals surface area contributed by atoms with E-state index in [4.69, 9.17) is 0 Å². The van der Waals surface area contributed by atoms with Crippen molar-refractivity contribution in [1.29, 1.82) is 0 Å². The molecule has 0 radical (unpaired) electrons. The van der Waals surface area contributed by atoms with Gasteiger partial charge in [-0.05, 0) is 164 Å². The smallest absolute Gasteiger partial charge is 0.307 e. The molecule has 0 aromatic heterocycles. The van der Waals surface area contributed by atoms with E-state index in [2.05, 4.69) is 74.7 Å². The highest BCUT2D eigenvalue weighted by Crippen LogP contribution is 3.11. The molecule has 2 aromatic rings. The number of carboxylic acid groups (broad SMARTS) is 3. The molecule has 10 atom stereocenters. The van der Waals surface area contributed by atoms with Crippen molar-refractivity contribution in [3.05, 3.63) is 70.8 Å². The van der Waals surface area contributed by atoms with Gasteiger partial charge >= 0.3 is 17.9 Å². The van der Waals surface area contributed by atoms with Crippen LogP contribution in [-0.2, 0) is 40.3 Å². The molecule has 346 valence electrons. The predicted molar refractivity (Wildman–Crippen MR) is 250 cm³/mol. The molecule has 3 heterocycles. The van der Waals surface area contributed by atoms with Gasteiger partial charge in [0, 0.05) is 32.7 Å². The maximum atomic E-state index is 12.6. The van der Waals surface area contributed by atoms with Crippen LogP contribution in [-0.4, -0.2) is 97.0 Å². The standard InChI is InChI=1S/C46H61N5O6.5ClH/c52-42(53)33(30-7-10-47-21-30)17-26-3-1-5-28(15-26)20-50-13-14-51(24-29-6-2-4-27(16-29)18-34(43(54)55)31-8-11-48-22-31)25-46-39-36-38-37(39)41(46)45(38,40(36)46)19-35(44(56)57)32-9-12-49-23-32;;;;;/h1-6,15-16,30-41,47-50H,7-14,17-25H2,(H,52,53)(H,54,55)(H,56,57);5*1H/t30-,31-,32-,33-,34-,35-,36?,37?,38?,39?,40?,41?,45?,46?;;;;;/m0...../s1. The van der Waals surface area contributed by atoms with E-state index in [1.807, 2.05) is 0 Å². The highest BCUT2D eigenvalue weighted by Gasteiger charge is 3.09. The van der Waals surface area contributed by atoms with Gasteiger partial charge in [-0.2, -0.15) is 0 Å². The molecule has 7 N–H and O–H groups in total. The summed E-state index contributed by atoms with van der Waals surface area (Å²) in [5, 5.41) is 44.3. The number of benzene rings is 2. The number of aliphatic carboxylic acids is 3. The van der Waals surface area contributed by atoms with Crippen molar-refractivity contribution in [2.45, 2.75) is 51.6 Å². The van der Waals surface area contributed by atoms with E-state index in [1.165, 1.54) is 11.1 Å². The second-order valence-electron chi connectivity index (χ2n) is 19.6. The Labute approximate surface area is 396 Å². The summed E-state index contributed by atoms with van der Waals surface area (Å²) >= 11 is 0. The third-order valence-corrected chi connectivity index (χ3v) is 17.2. The monoisotopic (exact) mass is 959 g/mol. The first kappa shape index (κ1) is 51.1. The molecule has 3 saturated heterocycles. The number of hydrogen-bond acceptors (Lipinski definition) is 8. The summed E-state index contributed by atoms with van der Waals surface area (Å²) in [6, 6.07) is 17.0. The highest BCUT2D eigenvalue weighted by atomic mass is 35.5. The van der Waals surface area contributed by atoms with Gasteiger partial charge in [-0.3, -0.25) is 19.3 Å². The van der Waals surface area contributed by atoms with Gasteiger partial charge in [0.05, 0.1) is 17.8 Å². The number of nitrogens with zero attached hydrogens (tertiary/aromatic N) is 1. The summed E-state index contributed by atoms with van der Waals surface area (Å²) in [5.41, 5.74) is 5.18. The summed E-state index contributed by atoms with van der Waals surface area (Å²) in [6.07, 6.45) is 4.77. The Morgan fingerprint density at radius 3 is 1.58 bits per heavy atom. The number of rotatable bonds is 21. The zero-order chi connectivity index (χ0) is 39.1. The van der Waals surface area contributed by atoms with Gasteiger partial charge in [-0.1, -0.05) is 48.5 Å². The van der Waals surface area contributed by atoms with E-state index in [1.54, 1.807) is 0 Å². The maximum absolute atomic E-state index is 12.6. The molecular weight excluding hydrogens is 896 g/mol. The zero-order valence-corrected chi connectivity index (χ0v) is 39.2. The number of carboxylic acids is 3. The molecule has 0 amide bonds. The Bertz CT molecular complexity index is 1880. The lowest BCUT2D eigenvalue weighted by Gasteiger charge is -3.12. The fraction of sp³-hybridized carbons (Fsp3) is 0.674. The van der Waals surface area contributed by atoms with Gasteiger partial charge in [0.25, 0.3) is 0 Å². The molecule has 6 aliphatic carbocycles. The van der Waals surface area contributed by atoms with Gasteiger partial charge in [-0.15, -0.1) is 62.0 Å². The lowest BCUT2D eigenvalue weighted by molar-refractivity contribution is -0.661. The first-order chi connectivity index (χ1) is 27.7. The molecule has 0 bridgehead atoms. The molecule has 2 aromatic carbocycles. The summed E-state index contributed by atoms with van der Waals surface area (Å²) in [5.74, 6) is 2.22. The fourth-order valence-corrected chi connectivity index (χ4v) is 15.2. The average molecular weight is 962 g/mol. The first-order valence-electron chi connectivity index (χ1n) is 22.1. The van der Waals surface area contributed by atoms with Crippen LogP contribution in [0.15, 0.2) is 48.5 Å². The number of hydrogen-bond donors (Lipinski definition) is 7. The van der Waals surface area contributed by atoms with Gasteiger partial charge < -0.3 is 36.6 Å². The predicted octanol–water partition coefficient (Wildman–Crippen LogP) is 5.53. The molecule has 0 spiro atoms. The molecule has 4 unspecified atom stereocenters. The van der Waals surface area contributed by atoms with E-state index >= 15 is 0 Å². The fourth-order valence-electron chi connectivity index (χ4n) is 15.2. The molecular formula is C46H66Cl5N5O6. The number of halogens is 5. The van der Waals surface area contributed by atoms with Crippen LogP contribution in [0.4, 0.5) is 0 Å². The lowest BCUT2D eigenvalue weighted by Crippen LogP contribution is -3.10. The highest BCUT2D eigenvalue weighted by molar-refractivity contribution is 5.86. The maximum Gasteiger partial charge on any atom is 0.307 e. The van der Waals surface area contributed by atoms with Gasteiger partial charge in [0.2, 0.25) is 0 Å². The molecule has 3 aliphatic heterocycles. The van der Waals surface area contributed by atoms with Crippen LogP contribution in [0.25, 0.3) is 0 Å². The molecule has 11 rings (SSSR count). The Morgan fingerprint density at radius 2 is 1.10 bits per heavy atom. The third-order valence-electron chi connectivity index (χ3n) is 17.2. The van der Waals surface area contributed by atoms with Crippen LogP contribution in [0.1, 0.15) is 47.9 Å². The summed E-state index contributed by atoms with van der Waals surface area (Å²) in [6.45, 7) is 9.36. The van der Waals surface area contributed by atoms with Crippen molar-refractivity contribution in [2.24, 2.45) is 81.8 Å². The second kappa shape index (κ2) is 20.3. The van der Waals surface area contributed by atoms with Crippen molar-refractivity contribution in [3.63, 3.8) is 0 Å². The van der Waals surface area contributed by atoms with Crippen LogP contribution in [0.5, 0.6) is 0 Å². The van der Waals surface area contributed by atoms with Crippen molar-refractivity contribution in [1.82, 2.24) is 26.2 Å². The Hall–Kier alpha value is -1.90. The quantitative estimate of drug-likeness (QED) is 0.0789. The summed E-state index contributed by atoms with van der Waals surface area (Å²) < 4.78 is 0. The van der Waals surface area contributed by atoms with Gasteiger partial charge in [-0.25, -0.2) is 0 Å². The summed E-state index contributed by atoms with van der Waals surface area (Å²) in [4.78, 5) is 39.8. The SMILES string of the molecule is Cl.Cl.Cl.Cl.Cl.O=C(O)[C@@H](Cc1cccc(CNCCN(Cc2cccc(C[C@H](C(=O)O)[C@H]3CCNC3)c2)CC23C4C5C6C4C2C6(C[C@H](C(=O)O)[C@H]2CCNC2)C53)c1)[C@H]1CCNC1. The second-order valence-corrected chi connectivity index (χ2v) is 19.6. The van der Waals surface area contributed by atoms with Crippen LogP contribution in [0, 0.1) is 81.8 Å². The average Bonchev–Trinajstić information content (AvgIpc) is 4.02. The molecule has 16 heteroatoms. The third kappa shape index (κ3) is 8.19. The topological polar surface area (TPSA) is 163 Å². The zero-order valence-electron chi connectivity index (χ0n) is 35.1. The van der Waals surface area contributed by atoms with Gasteiger partial charge in [0.15, 0.2) is 0 Å². The lowest BCUT2D eigenvalue weighted by atomic mass is 8.91.